The second kappa shape index (κ2) is 13.7. The first kappa shape index (κ1) is 34.2. The van der Waals surface area contributed by atoms with Gasteiger partial charge in [0.05, 0.1) is 24.9 Å². The fourth-order valence-electron chi connectivity index (χ4n) is 5.34. The number of aliphatic hydroxyl groups excluding tert-OH is 11. The zero-order valence-electron chi connectivity index (χ0n) is 23.0. The van der Waals surface area contributed by atoms with Crippen molar-refractivity contribution < 1.29 is 89.3 Å². The van der Waals surface area contributed by atoms with Gasteiger partial charge in [-0.25, -0.2) is 0 Å². The highest BCUT2D eigenvalue weighted by atomic mass is 16.8. The Hall–Kier alpha value is -0.720. The summed E-state index contributed by atoms with van der Waals surface area (Å²) in [6.07, 6.45) is -31.3. The van der Waals surface area contributed by atoms with E-state index in [0.717, 1.165) is 0 Å². The van der Waals surface area contributed by atoms with Crippen molar-refractivity contribution in [3.8, 4) is 0 Å². The molecule has 246 valence electrons. The largest absolute Gasteiger partial charge is 0.394 e. The molecule has 4 saturated heterocycles. The number of aliphatic hydroxyl groups is 11. The molecule has 11 N–H and O–H groups in total. The maximum Gasteiger partial charge on any atom is 0.187 e. The van der Waals surface area contributed by atoms with Gasteiger partial charge in [-0.05, 0) is 20.8 Å². The van der Waals surface area contributed by atoms with Gasteiger partial charge in [0.2, 0.25) is 0 Å². The Morgan fingerprint density at radius 3 is 1.52 bits per heavy atom. The first-order valence-electron chi connectivity index (χ1n) is 13.7. The maximum absolute atomic E-state index is 11.1. The maximum atomic E-state index is 11.1. The lowest BCUT2D eigenvalue weighted by Crippen LogP contribution is -2.66. The lowest BCUT2D eigenvalue weighted by Gasteiger charge is -2.49. The molecule has 0 radical (unpaired) electrons. The highest BCUT2D eigenvalue weighted by Gasteiger charge is 2.54. The van der Waals surface area contributed by atoms with Crippen LogP contribution in [0.5, 0.6) is 0 Å². The van der Waals surface area contributed by atoms with Gasteiger partial charge >= 0.3 is 0 Å². The summed E-state index contributed by atoms with van der Waals surface area (Å²) < 4.78 is 38.6. The summed E-state index contributed by atoms with van der Waals surface area (Å²) in [6, 6.07) is 0. The molecule has 18 nitrogen and oxygen atoms in total. The second-order valence-corrected chi connectivity index (χ2v) is 11.1. The summed E-state index contributed by atoms with van der Waals surface area (Å²) in [5, 5.41) is 114. The Labute approximate surface area is 240 Å². The average molecular weight is 619 g/mol. The van der Waals surface area contributed by atoms with Crippen molar-refractivity contribution in [1.82, 2.24) is 0 Å². The van der Waals surface area contributed by atoms with Crippen LogP contribution in [0.3, 0.4) is 0 Å². The van der Waals surface area contributed by atoms with Crippen molar-refractivity contribution in [2.45, 2.75) is 144 Å². The van der Waals surface area contributed by atoms with Crippen LogP contribution in [-0.2, 0) is 33.2 Å². The molecule has 20 atom stereocenters. The highest BCUT2D eigenvalue weighted by Crippen LogP contribution is 2.34. The first-order valence-corrected chi connectivity index (χ1v) is 13.7. The van der Waals surface area contributed by atoms with Crippen LogP contribution in [0.2, 0.25) is 0 Å². The van der Waals surface area contributed by atoms with Crippen LogP contribution >= 0.6 is 0 Å². The van der Waals surface area contributed by atoms with Crippen LogP contribution in [-0.4, -0.2) is 186 Å². The molecule has 4 aliphatic rings. The molecule has 4 rings (SSSR count). The third kappa shape index (κ3) is 6.62. The molecule has 42 heavy (non-hydrogen) atoms. The molecule has 0 spiro atoms. The Morgan fingerprint density at radius 2 is 0.905 bits per heavy atom. The Kier molecular flexibility index (Phi) is 11.2. The molecule has 0 amide bonds. The van der Waals surface area contributed by atoms with Crippen LogP contribution in [0.4, 0.5) is 0 Å². The molecule has 4 aliphatic heterocycles. The van der Waals surface area contributed by atoms with E-state index in [9.17, 15) is 56.2 Å². The Bertz CT molecular complexity index is 853. The van der Waals surface area contributed by atoms with Crippen LogP contribution in [0.15, 0.2) is 0 Å². The molecular weight excluding hydrogens is 576 g/mol. The smallest absolute Gasteiger partial charge is 0.187 e. The topological polar surface area (TPSA) is 287 Å². The quantitative estimate of drug-likeness (QED) is 0.126. The van der Waals surface area contributed by atoms with Crippen molar-refractivity contribution in [2.24, 2.45) is 0 Å². The monoisotopic (exact) mass is 618 g/mol. The molecule has 0 aromatic rings. The van der Waals surface area contributed by atoms with E-state index in [2.05, 4.69) is 0 Å². The van der Waals surface area contributed by atoms with Crippen molar-refractivity contribution in [2.75, 3.05) is 6.61 Å². The van der Waals surface area contributed by atoms with Gasteiger partial charge in [0, 0.05) is 0 Å². The van der Waals surface area contributed by atoms with E-state index in [1.165, 1.54) is 20.8 Å². The van der Waals surface area contributed by atoms with Crippen LogP contribution < -0.4 is 0 Å². The van der Waals surface area contributed by atoms with Crippen LogP contribution in [0.1, 0.15) is 20.8 Å². The van der Waals surface area contributed by atoms with Crippen molar-refractivity contribution in [3.05, 3.63) is 0 Å². The number of hydrogen-bond acceptors (Lipinski definition) is 18. The predicted molar refractivity (Wildman–Crippen MR) is 130 cm³/mol. The summed E-state index contributed by atoms with van der Waals surface area (Å²) >= 11 is 0. The van der Waals surface area contributed by atoms with Gasteiger partial charge in [-0.15, -0.1) is 0 Å². The van der Waals surface area contributed by atoms with Gasteiger partial charge < -0.3 is 89.3 Å². The predicted octanol–water partition coefficient (Wildman–Crippen LogP) is -6.67. The SMILES string of the molecule is C[C@@H]1O[C@@H](O[C@@H]2[C@@H](O)[C@H](C)O[C@@H](O)[C@@H]2O)[C@H](O[C@@H]2O[C@@H](C)[C@H](O)[C@@H](O[C@H]3O[C@H](CO)[C@@H](O)[C@H](O)[C@H]3O)[C@H]2O)[C@H](O)[C@H]1O. The molecule has 0 saturated carbocycles. The molecule has 0 unspecified atom stereocenters. The third-order valence-electron chi connectivity index (χ3n) is 8.09. The van der Waals surface area contributed by atoms with E-state index in [1.54, 1.807) is 0 Å². The van der Waals surface area contributed by atoms with E-state index in [4.69, 9.17) is 33.2 Å². The van der Waals surface area contributed by atoms with Gasteiger partial charge in [-0.3, -0.25) is 0 Å². The van der Waals surface area contributed by atoms with Crippen molar-refractivity contribution in [1.29, 1.82) is 0 Å². The van der Waals surface area contributed by atoms with E-state index in [0.29, 0.717) is 0 Å². The first-order chi connectivity index (χ1) is 19.7. The average Bonchev–Trinajstić information content (AvgIpc) is 2.95. The van der Waals surface area contributed by atoms with Gasteiger partial charge in [0.15, 0.2) is 25.2 Å². The van der Waals surface area contributed by atoms with Gasteiger partial charge in [-0.1, -0.05) is 0 Å². The molecule has 4 fully saturated rings. The van der Waals surface area contributed by atoms with E-state index < -0.39 is 129 Å². The Morgan fingerprint density at radius 1 is 0.429 bits per heavy atom. The Balaban J connectivity index is 1.53. The normalized spacial score (nSPS) is 55.9. The molecule has 0 aliphatic carbocycles. The fraction of sp³-hybridized carbons (Fsp3) is 1.00. The highest BCUT2D eigenvalue weighted by molar-refractivity contribution is 4.96. The standard InChI is InChI=1S/C24H42O18/c1-5-9(26)14(31)20(24(38-5)41-18-10(27)6(2)36-21(35)16(18)33)42-23-17(34)19(11(28)7(3)37-23)40-22-15(32)13(30)12(29)8(4-25)39-22/h5-35H,4H2,1-3H3/t5-,6-,7-,8+,9-,10-,11-,12+,13-,14+,15+,16+,17+,18+,19+,20+,21+,22+,23-,24-/m0/s1. The number of rotatable bonds is 7. The summed E-state index contributed by atoms with van der Waals surface area (Å²) in [5.74, 6) is 0. The summed E-state index contributed by atoms with van der Waals surface area (Å²) in [6.45, 7) is 3.46. The zero-order chi connectivity index (χ0) is 31.2. The second-order valence-electron chi connectivity index (χ2n) is 11.1. The third-order valence-corrected chi connectivity index (χ3v) is 8.09. The van der Waals surface area contributed by atoms with E-state index in [-0.39, 0.29) is 0 Å². The molecular formula is C24H42O18. The molecule has 0 bridgehead atoms. The van der Waals surface area contributed by atoms with Gasteiger partial charge in [-0.2, -0.15) is 0 Å². The molecule has 18 heteroatoms. The lowest BCUT2D eigenvalue weighted by molar-refractivity contribution is -0.392. The lowest BCUT2D eigenvalue weighted by atomic mass is 9.96. The summed E-state index contributed by atoms with van der Waals surface area (Å²) in [4.78, 5) is 0. The molecule has 4 heterocycles. The molecule has 0 aromatic heterocycles. The minimum atomic E-state index is -1.88. The van der Waals surface area contributed by atoms with E-state index in [1.807, 2.05) is 0 Å². The van der Waals surface area contributed by atoms with E-state index >= 15 is 0 Å². The van der Waals surface area contributed by atoms with Gasteiger partial charge in [0.1, 0.15) is 79.4 Å². The minimum absolute atomic E-state index is 0.750. The minimum Gasteiger partial charge on any atom is -0.394 e. The summed E-state index contributed by atoms with van der Waals surface area (Å²) in [5.41, 5.74) is 0. The van der Waals surface area contributed by atoms with Crippen molar-refractivity contribution >= 4 is 0 Å². The van der Waals surface area contributed by atoms with Crippen LogP contribution in [0.25, 0.3) is 0 Å². The zero-order valence-corrected chi connectivity index (χ0v) is 23.0. The number of hydrogen-bond donors (Lipinski definition) is 11. The van der Waals surface area contributed by atoms with Gasteiger partial charge in [0.25, 0.3) is 0 Å². The molecule has 0 aromatic carbocycles. The van der Waals surface area contributed by atoms with Crippen LogP contribution in [0, 0.1) is 0 Å². The summed E-state index contributed by atoms with van der Waals surface area (Å²) in [7, 11) is 0. The number of ether oxygens (including phenoxy) is 7. The van der Waals surface area contributed by atoms with Crippen molar-refractivity contribution in [3.63, 3.8) is 0 Å². The fourth-order valence-corrected chi connectivity index (χ4v) is 5.34.